The van der Waals surface area contributed by atoms with E-state index in [1.165, 1.54) is 18.0 Å². The third kappa shape index (κ3) is 2.57. The van der Waals surface area contributed by atoms with Gasteiger partial charge in [-0.3, -0.25) is 4.68 Å². The molecule has 0 radical (unpaired) electrons. The van der Waals surface area contributed by atoms with Crippen molar-refractivity contribution in [1.29, 1.82) is 0 Å². The summed E-state index contributed by atoms with van der Waals surface area (Å²) in [6.45, 7) is 2.51. The molecule has 1 aliphatic carbocycles. The van der Waals surface area contributed by atoms with E-state index in [-0.39, 0.29) is 17.7 Å². The van der Waals surface area contributed by atoms with E-state index in [1.54, 1.807) is 6.92 Å². The zero-order chi connectivity index (χ0) is 14.2. The molecular weight excluding hydrogens is 254 g/mol. The number of aliphatic hydroxyl groups is 1. The van der Waals surface area contributed by atoms with Gasteiger partial charge in [0.25, 0.3) is 11.9 Å². The Balaban J connectivity index is 2.31. The van der Waals surface area contributed by atoms with E-state index in [2.05, 4.69) is 5.10 Å². The second kappa shape index (κ2) is 4.83. The van der Waals surface area contributed by atoms with Gasteiger partial charge in [0.2, 0.25) is 0 Å². The van der Waals surface area contributed by atoms with Gasteiger partial charge in [-0.05, 0) is 31.7 Å². The SMILES string of the molecule is CO/C(O)=C1\CCC(n2ncc(C)c2C(C)(F)F)C1. The van der Waals surface area contributed by atoms with Gasteiger partial charge in [0, 0.05) is 12.5 Å². The monoisotopic (exact) mass is 272 g/mol. The van der Waals surface area contributed by atoms with Crippen LogP contribution in [0.2, 0.25) is 0 Å². The summed E-state index contributed by atoms with van der Waals surface area (Å²) in [5.74, 6) is -3.02. The van der Waals surface area contributed by atoms with Crippen LogP contribution >= 0.6 is 0 Å². The van der Waals surface area contributed by atoms with Gasteiger partial charge in [0.05, 0.1) is 19.3 Å². The van der Waals surface area contributed by atoms with Crippen LogP contribution in [-0.2, 0) is 10.7 Å². The van der Waals surface area contributed by atoms with Crippen molar-refractivity contribution in [3.63, 3.8) is 0 Å². The molecule has 1 N–H and O–H groups in total. The molecule has 1 heterocycles. The zero-order valence-electron chi connectivity index (χ0n) is 11.3. The fourth-order valence-corrected chi connectivity index (χ4v) is 2.65. The minimum atomic E-state index is -2.92. The lowest BCUT2D eigenvalue weighted by Crippen LogP contribution is -2.19. The normalized spacial score (nSPS) is 22.7. The van der Waals surface area contributed by atoms with E-state index in [0.717, 1.165) is 12.5 Å². The van der Waals surface area contributed by atoms with E-state index >= 15 is 0 Å². The van der Waals surface area contributed by atoms with E-state index in [4.69, 9.17) is 4.74 Å². The van der Waals surface area contributed by atoms with Gasteiger partial charge in [-0.2, -0.15) is 13.9 Å². The number of ether oxygens (including phenoxy) is 1. The fourth-order valence-electron chi connectivity index (χ4n) is 2.65. The Morgan fingerprint density at radius 1 is 1.58 bits per heavy atom. The van der Waals surface area contributed by atoms with Crippen molar-refractivity contribution in [3.05, 3.63) is 29.0 Å². The lowest BCUT2D eigenvalue weighted by molar-refractivity contribution is 0.00553. The molecule has 1 saturated carbocycles. The Labute approximate surface area is 110 Å². The molecule has 1 unspecified atom stereocenters. The van der Waals surface area contributed by atoms with E-state index in [0.29, 0.717) is 24.8 Å². The maximum Gasteiger partial charge on any atom is 0.286 e. The van der Waals surface area contributed by atoms with Crippen molar-refractivity contribution in [3.8, 4) is 0 Å². The Hall–Kier alpha value is -1.59. The Bertz CT molecular complexity index is 503. The molecule has 0 spiro atoms. The topological polar surface area (TPSA) is 47.3 Å². The smallest absolute Gasteiger partial charge is 0.286 e. The van der Waals surface area contributed by atoms with Crippen LogP contribution in [0.3, 0.4) is 0 Å². The quantitative estimate of drug-likeness (QED) is 0.857. The number of aromatic nitrogens is 2. The number of alkyl halides is 2. The van der Waals surface area contributed by atoms with Crippen molar-refractivity contribution in [2.75, 3.05) is 7.11 Å². The van der Waals surface area contributed by atoms with Crippen LogP contribution in [0.1, 0.15) is 43.5 Å². The molecule has 1 aromatic rings. The number of hydrogen-bond donors (Lipinski definition) is 1. The van der Waals surface area contributed by atoms with E-state index in [9.17, 15) is 13.9 Å². The molecule has 1 aromatic heterocycles. The standard InChI is InChI=1S/C13H18F2N2O2/c1-8-7-16-17(11(8)13(2,14)15)10-5-4-9(6-10)12(18)19-3/h7,10,18H,4-6H2,1-3H3/b12-9+. The number of methoxy groups -OCH3 is 1. The van der Waals surface area contributed by atoms with Gasteiger partial charge in [0.15, 0.2) is 0 Å². The Morgan fingerprint density at radius 2 is 2.26 bits per heavy atom. The molecule has 4 nitrogen and oxygen atoms in total. The van der Waals surface area contributed by atoms with Gasteiger partial charge in [-0.15, -0.1) is 0 Å². The van der Waals surface area contributed by atoms with Crippen LogP contribution in [0.15, 0.2) is 17.7 Å². The second-order valence-electron chi connectivity index (χ2n) is 5.02. The molecule has 0 aliphatic heterocycles. The number of nitrogens with zero attached hydrogens (tertiary/aromatic N) is 2. The van der Waals surface area contributed by atoms with Crippen LogP contribution in [-0.4, -0.2) is 22.0 Å². The third-order valence-corrected chi connectivity index (χ3v) is 3.50. The van der Waals surface area contributed by atoms with Crippen molar-refractivity contribution in [2.45, 2.75) is 45.1 Å². The van der Waals surface area contributed by atoms with Crippen LogP contribution < -0.4 is 0 Å². The number of rotatable bonds is 3. The predicted octanol–water partition coefficient (Wildman–Crippen LogP) is 3.44. The molecule has 0 saturated heterocycles. The highest BCUT2D eigenvalue weighted by atomic mass is 19.3. The molecule has 2 rings (SSSR count). The summed E-state index contributed by atoms with van der Waals surface area (Å²) in [7, 11) is 1.39. The molecule has 1 atom stereocenters. The molecule has 106 valence electrons. The maximum atomic E-state index is 13.6. The first-order chi connectivity index (χ1) is 8.84. The summed E-state index contributed by atoms with van der Waals surface area (Å²) in [5, 5.41) is 13.6. The number of aryl methyl sites for hydroxylation is 1. The average Bonchev–Trinajstić information content (AvgIpc) is 2.92. The highest BCUT2D eigenvalue weighted by molar-refractivity contribution is 5.22. The Kier molecular flexibility index (Phi) is 3.52. The summed E-state index contributed by atoms with van der Waals surface area (Å²) in [4.78, 5) is 0. The van der Waals surface area contributed by atoms with Crippen LogP contribution in [0.5, 0.6) is 0 Å². The zero-order valence-corrected chi connectivity index (χ0v) is 11.3. The number of hydrogen-bond acceptors (Lipinski definition) is 3. The van der Waals surface area contributed by atoms with Crippen LogP contribution in [0.4, 0.5) is 8.78 Å². The second-order valence-corrected chi connectivity index (χ2v) is 5.02. The lowest BCUT2D eigenvalue weighted by atomic mass is 10.1. The number of halogens is 2. The molecule has 1 fully saturated rings. The first-order valence-electron chi connectivity index (χ1n) is 6.22. The lowest BCUT2D eigenvalue weighted by Gasteiger charge is -2.19. The van der Waals surface area contributed by atoms with Crippen LogP contribution in [0, 0.1) is 6.92 Å². The van der Waals surface area contributed by atoms with Crippen LogP contribution in [0.25, 0.3) is 0 Å². The molecule has 0 aromatic carbocycles. The summed E-state index contributed by atoms with van der Waals surface area (Å²) >= 11 is 0. The minimum Gasteiger partial charge on any atom is -0.481 e. The molecule has 19 heavy (non-hydrogen) atoms. The average molecular weight is 272 g/mol. The first kappa shape index (κ1) is 13.8. The number of aliphatic hydroxyl groups excluding tert-OH is 1. The van der Waals surface area contributed by atoms with Gasteiger partial charge in [-0.1, -0.05) is 0 Å². The van der Waals surface area contributed by atoms with E-state index < -0.39 is 5.92 Å². The van der Waals surface area contributed by atoms with Gasteiger partial charge in [0.1, 0.15) is 5.69 Å². The van der Waals surface area contributed by atoms with E-state index in [1.807, 2.05) is 0 Å². The highest BCUT2D eigenvalue weighted by Gasteiger charge is 2.35. The van der Waals surface area contributed by atoms with Crippen molar-refractivity contribution in [2.24, 2.45) is 0 Å². The van der Waals surface area contributed by atoms with Crippen molar-refractivity contribution in [1.82, 2.24) is 9.78 Å². The summed E-state index contributed by atoms with van der Waals surface area (Å²) in [6, 6.07) is -0.151. The minimum absolute atomic E-state index is 0.0457. The first-order valence-corrected chi connectivity index (χ1v) is 6.22. The van der Waals surface area contributed by atoms with Gasteiger partial charge >= 0.3 is 0 Å². The molecular formula is C13H18F2N2O2. The molecule has 1 aliphatic rings. The Morgan fingerprint density at radius 3 is 2.84 bits per heavy atom. The summed E-state index contributed by atoms with van der Waals surface area (Å²) in [5.41, 5.74) is 1.20. The number of allylic oxidation sites excluding steroid dienone is 1. The fraction of sp³-hybridized carbons (Fsp3) is 0.615. The summed E-state index contributed by atoms with van der Waals surface area (Å²) in [6.07, 6.45) is 3.26. The third-order valence-electron chi connectivity index (χ3n) is 3.50. The van der Waals surface area contributed by atoms with Gasteiger partial charge < -0.3 is 9.84 Å². The highest BCUT2D eigenvalue weighted by Crippen LogP contribution is 2.39. The predicted molar refractivity (Wildman–Crippen MR) is 66.1 cm³/mol. The molecule has 6 heteroatoms. The van der Waals surface area contributed by atoms with Crippen molar-refractivity contribution < 1.29 is 18.6 Å². The largest absolute Gasteiger partial charge is 0.481 e. The summed E-state index contributed by atoms with van der Waals surface area (Å²) < 4.78 is 33.4. The molecule has 0 bridgehead atoms. The maximum absolute atomic E-state index is 13.6. The molecule has 0 amide bonds. The van der Waals surface area contributed by atoms with Crippen molar-refractivity contribution >= 4 is 0 Å². The van der Waals surface area contributed by atoms with Gasteiger partial charge in [-0.25, -0.2) is 0 Å².